The Kier molecular flexibility index (Phi) is 25.6. The number of nitrogens with one attached hydrogen (secondary N) is 3. The van der Waals surface area contributed by atoms with Crippen molar-refractivity contribution in [2.24, 2.45) is 21.9 Å². The fraction of sp³-hybridized carbons (Fsp3) is 0.543. The number of rotatable bonds is 35. The number of nitrogens with zero attached hydrogens (tertiary/aromatic N) is 2. The predicted octanol–water partition coefficient (Wildman–Crippen LogP) is 3.17. The summed E-state index contributed by atoms with van der Waals surface area (Å²) in [7, 11) is -9.34. The van der Waals surface area contributed by atoms with Gasteiger partial charge >= 0.3 is 0 Å². The molecule has 3 aromatic rings. The Bertz CT molecular complexity index is 2180. The van der Waals surface area contributed by atoms with Crippen LogP contribution in [0, 0.1) is 5.41 Å². The smallest absolute Gasteiger partial charge is 0.267 e. The van der Waals surface area contributed by atoms with Crippen LogP contribution in [0.4, 0.5) is 0 Å². The molecule has 20 nitrogen and oxygen atoms in total. The average Bonchev–Trinajstić information content (AvgIpc) is 3.29. The Morgan fingerprint density at radius 1 is 0.691 bits per heavy atom. The summed E-state index contributed by atoms with van der Waals surface area (Å²) in [6, 6.07) is 20.8. The molecule has 0 bridgehead atoms. The molecule has 3 amide bonds. The van der Waals surface area contributed by atoms with E-state index in [0.29, 0.717) is 76.9 Å². The molecule has 0 unspecified atom stereocenters. The highest BCUT2D eigenvalue weighted by atomic mass is 32.2. The number of benzene rings is 2. The number of aromatic nitrogens is 1. The summed E-state index contributed by atoms with van der Waals surface area (Å²) in [4.78, 5) is 46.2. The first kappa shape index (κ1) is 57.2. The SMILES string of the molecule is CC(C)(CCCCOc1cc(-c2ccccc2)cc(-c2ccccc2)n1)C(N)=NCCCCC(=O)NCCCOCCOCCOCCCNC(=O)[C@H](CS(=O)(=O)O)NC(=O)[C@@H](N)CS(=O)(=O)O. The van der Waals surface area contributed by atoms with Crippen molar-refractivity contribution in [3.8, 4) is 28.3 Å². The molecule has 0 saturated carbocycles. The standard InChI is InChI=1S/C46H69N7O13S2/c1-46(2,20-10-12-26-66-42-32-37(35-15-5-3-6-16-35)31-39(52-42)36-17-7-4-8-18-36)45(48)51-21-11-9-19-41(54)49-22-13-24-63-27-29-65-30-28-64-25-14-23-50-44(56)40(34-68(60,61)62)53-43(55)38(47)33-67(57,58)59/h3-8,15-18,31-32,38,40H,9-14,19-30,33-34,47H2,1-2H3,(H2,48,51)(H,49,54)(H,50,56)(H,53,55)(H,57,58,59)(H,60,61,62)/t38-,40-/m0/s1. The highest BCUT2D eigenvalue weighted by Crippen LogP contribution is 2.29. The van der Waals surface area contributed by atoms with Crippen molar-refractivity contribution in [2.45, 2.75) is 77.3 Å². The number of ether oxygens (including phenoxy) is 4. The molecule has 2 aromatic carbocycles. The van der Waals surface area contributed by atoms with Gasteiger partial charge in [0.05, 0.1) is 50.3 Å². The topological polar surface area (TPSA) is 310 Å². The molecule has 0 fully saturated rings. The van der Waals surface area contributed by atoms with Gasteiger partial charge in [-0.15, -0.1) is 0 Å². The Balaban J connectivity index is 1.16. The third kappa shape index (κ3) is 24.8. The van der Waals surface area contributed by atoms with Gasteiger partial charge in [0, 0.05) is 56.3 Å². The van der Waals surface area contributed by atoms with Crippen molar-refractivity contribution < 1.29 is 59.3 Å². The summed E-state index contributed by atoms with van der Waals surface area (Å²) in [6.45, 7) is 7.68. The lowest BCUT2D eigenvalue weighted by atomic mass is 9.86. The Morgan fingerprint density at radius 2 is 1.26 bits per heavy atom. The third-order valence-corrected chi connectivity index (χ3v) is 11.8. The Labute approximate surface area is 400 Å². The summed E-state index contributed by atoms with van der Waals surface area (Å²) < 4.78 is 85.1. The van der Waals surface area contributed by atoms with E-state index in [2.05, 4.69) is 47.7 Å². The molecule has 0 radical (unpaired) electrons. The van der Waals surface area contributed by atoms with Gasteiger partial charge in [-0.1, -0.05) is 74.5 Å². The van der Waals surface area contributed by atoms with Crippen molar-refractivity contribution >= 4 is 43.8 Å². The number of hydrogen-bond acceptors (Lipinski definition) is 14. The lowest BCUT2D eigenvalue weighted by molar-refractivity contribution is -0.128. The van der Waals surface area contributed by atoms with Crippen LogP contribution in [0.5, 0.6) is 5.88 Å². The summed E-state index contributed by atoms with van der Waals surface area (Å²) in [6.07, 6.45) is 5.41. The molecule has 0 aliphatic rings. The minimum atomic E-state index is -4.72. The lowest BCUT2D eigenvalue weighted by Gasteiger charge is -2.24. The average molecular weight is 992 g/mol. The molecule has 378 valence electrons. The van der Waals surface area contributed by atoms with E-state index in [1.807, 2.05) is 59.9 Å². The van der Waals surface area contributed by atoms with E-state index in [-0.39, 0.29) is 37.7 Å². The van der Waals surface area contributed by atoms with Crippen LogP contribution >= 0.6 is 0 Å². The highest BCUT2D eigenvalue weighted by Gasteiger charge is 2.29. The van der Waals surface area contributed by atoms with Crippen LogP contribution in [0.3, 0.4) is 0 Å². The number of pyridine rings is 1. The molecule has 2 atom stereocenters. The number of aliphatic imine (C=N–C) groups is 1. The Morgan fingerprint density at radius 3 is 1.87 bits per heavy atom. The van der Waals surface area contributed by atoms with Crippen LogP contribution in [-0.2, 0) is 48.8 Å². The Hall–Kier alpha value is -5.07. The van der Waals surface area contributed by atoms with E-state index in [0.717, 1.165) is 48.1 Å². The molecule has 3 rings (SSSR count). The fourth-order valence-corrected chi connectivity index (χ4v) is 7.70. The number of amidine groups is 1. The van der Waals surface area contributed by atoms with Gasteiger partial charge in [0.2, 0.25) is 23.6 Å². The zero-order valence-electron chi connectivity index (χ0n) is 39.0. The third-order valence-electron chi connectivity index (χ3n) is 10.2. The van der Waals surface area contributed by atoms with E-state index in [1.54, 1.807) is 0 Å². The molecule has 0 aliphatic carbocycles. The summed E-state index contributed by atoms with van der Waals surface area (Å²) >= 11 is 0. The molecule has 22 heteroatoms. The molecular weight excluding hydrogens is 923 g/mol. The lowest BCUT2D eigenvalue weighted by Crippen LogP contribution is -2.55. The number of hydrogen-bond donors (Lipinski definition) is 7. The second-order valence-corrected chi connectivity index (χ2v) is 19.6. The van der Waals surface area contributed by atoms with Crippen LogP contribution < -0.4 is 32.2 Å². The van der Waals surface area contributed by atoms with Gasteiger partial charge in [0.25, 0.3) is 20.2 Å². The predicted molar refractivity (Wildman–Crippen MR) is 259 cm³/mol. The molecule has 0 spiro atoms. The molecule has 1 aromatic heterocycles. The number of carbonyl (C=O) groups excluding carboxylic acids is 3. The minimum Gasteiger partial charge on any atom is -0.478 e. The fourth-order valence-electron chi connectivity index (χ4n) is 6.43. The second kappa shape index (κ2) is 30.4. The summed E-state index contributed by atoms with van der Waals surface area (Å²) in [5.74, 6) is -3.36. The van der Waals surface area contributed by atoms with Crippen LogP contribution in [0.2, 0.25) is 0 Å². The van der Waals surface area contributed by atoms with E-state index in [9.17, 15) is 31.2 Å². The van der Waals surface area contributed by atoms with E-state index in [1.165, 1.54) is 0 Å². The van der Waals surface area contributed by atoms with Crippen molar-refractivity contribution in [3.05, 3.63) is 72.8 Å². The van der Waals surface area contributed by atoms with Crippen molar-refractivity contribution in [1.29, 1.82) is 0 Å². The first-order valence-electron chi connectivity index (χ1n) is 22.6. The number of nitrogens with two attached hydrogens (primary N) is 2. The number of amides is 3. The van der Waals surface area contributed by atoms with Gasteiger partial charge in [-0.25, -0.2) is 4.98 Å². The van der Waals surface area contributed by atoms with Crippen LogP contribution in [0.15, 0.2) is 77.8 Å². The van der Waals surface area contributed by atoms with Crippen LogP contribution in [0.1, 0.15) is 65.2 Å². The maximum absolute atomic E-state index is 12.4. The van der Waals surface area contributed by atoms with Gasteiger partial charge in [-0.2, -0.15) is 16.8 Å². The first-order valence-corrected chi connectivity index (χ1v) is 25.8. The summed E-state index contributed by atoms with van der Waals surface area (Å²) in [5.41, 5.74) is 15.6. The quantitative estimate of drug-likeness (QED) is 0.0193. The van der Waals surface area contributed by atoms with E-state index < -0.39 is 55.6 Å². The molecule has 9 N–H and O–H groups in total. The van der Waals surface area contributed by atoms with Crippen molar-refractivity contribution in [3.63, 3.8) is 0 Å². The zero-order chi connectivity index (χ0) is 49.8. The van der Waals surface area contributed by atoms with Gasteiger partial charge in [0.1, 0.15) is 17.8 Å². The van der Waals surface area contributed by atoms with Crippen LogP contribution in [-0.4, -0.2) is 144 Å². The summed E-state index contributed by atoms with van der Waals surface area (Å²) in [5, 5.41) is 7.24. The monoisotopic (exact) mass is 991 g/mol. The highest BCUT2D eigenvalue weighted by molar-refractivity contribution is 7.86. The second-order valence-electron chi connectivity index (χ2n) is 16.6. The van der Waals surface area contributed by atoms with Gasteiger partial charge in [0.15, 0.2) is 0 Å². The largest absolute Gasteiger partial charge is 0.478 e. The normalized spacial score (nSPS) is 13.1. The molecule has 0 saturated heterocycles. The minimum absolute atomic E-state index is 0.0227. The van der Waals surface area contributed by atoms with E-state index in [4.69, 9.17) is 44.5 Å². The maximum atomic E-state index is 12.4. The molecule has 0 aliphatic heterocycles. The number of unbranched alkanes of at least 4 members (excludes halogenated alkanes) is 2. The van der Waals surface area contributed by atoms with Gasteiger partial charge < -0.3 is 46.4 Å². The molecule has 1 heterocycles. The molecule has 68 heavy (non-hydrogen) atoms. The zero-order valence-corrected chi connectivity index (χ0v) is 40.6. The maximum Gasteiger partial charge on any atom is 0.267 e. The van der Waals surface area contributed by atoms with Crippen molar-refractivity contribution in [1.82, 2.24) is 20.9 Å². The first-order chi connectivity index (χ1) is 32.3. The van der Waals surface area contributed by atoms with Crippen molar-refractivity contribution in [2.75, 3.05) is 77.4 Å². The van der Waals surface area contributed by atoms with E-state index >= 15 is 0 Å². The van der Waals surface area contributed by atoms with Gasteiger partial charge in [-0.05, 0) is 62.1 Å². The van der Waals surface area contributed by atoms with Gasteiger partial charge in [-0.3, -0.25) is 28.5 Å². The number of carbonyl (C=O) groups is 3. The van der Waals surface area contributed by atoms with Crippen LogP contribution in [0.25, 0.3) is 22.4 Å². The molecular formula is C46H69N7O13S2.